The summed E-state index contributed by atoms with van der Waals surface area (Å²) < 4.78 is 232. The van der Waals surface area contributed by atoms with Crippen molar-refractivity contribution in [1.29, 1.82) is 0 Å². The number of phosphoric acid groups is 1. The van der Waals surface area contributed by atoms with Gasteiger partial charge in [-0.15, -0.1) is 0 Å². The van der Waals surface area contributed by atoms with Crippen LogP contribution in [0.2, 0.25) is 0 Å². The Hall–Kier alpha value is -0.0800. The Morgan fingerprint density at radius 3 is 1.15 bits per heavy atom. The Labute approximate surface area is 192 Å². The molecule has 1 unspecified atom stereocenters. The summed E-state index contributed by atoms with van der Waals surface area (Å²) in [5, 5.41) is 0. The maximum atomic E-state index is 13.3. The number of halogens is 17. The molecule has 0 heterocycles. The van der Waals surface area contributed by atoms with Gasteiger partial charge in [0.05, 0.1) is 6.61 Å². The smallest absolute Gasteiger partial charge is 0.756 e. The third-order valence-electron chi connectivity index (χ3n) is 3.46. The summed E-state index contributed by atoms with van der Waals surface area (Å²) in [6, 6.07) is 0. The molecule has 0 aliphatic heterocycles. The van der Waals surface area contributed by atoms with Gasteiger partial charge in [0.1, 0.15) is 0 Å². The molecule has 0 fully saturated rings. The first-order valence-corrected chi connectivity index (χ1v) is 8.35. The van der Waals surface area contributed by atoms with Crippen LogP contribution in [0.4, 0.5) is 74.6 Å². The summed E-state index contributed by atoms with van der Waals surface area (Å²) in [5.74, 6) is -57.5. The molecule has 194 valence electrons. The van der Waals surface area contributed by atoms with E-state index < -0.39 is 68.5 Å². The van der Waals surface area contributed by atoms with E-state index in [9.17, 15) is 84.1 Å². The predicted octanol–water partition coefficient (Wildman–Crippen LogP) is 1.87. The molecule has 0 aromatic carbocycles. The van der Waals surface area contributed by atoms with Gasteiger partial charge in [-0.1, -0.05) is 0 Å². The average molecular weight is 568 g/mol. The van der Waals surface area contributed by atoms with Gasteiger partial charge in [0.15, 0.2) is 0 Å². The van der Waals surface area contributed by atoms with E-state index in [-0.39, 0.29) is 29.6 Å². The van der Waals surface area contributed by atoms with Crippen molar-refractivity contribution in [1.82, 2.24) is 0 Å². The van der Waals surface area contributed by atoms with E-state index in [1.807, 2.05) is 0 Å². The van der Waals surface area contributed by atoms with Crippen LogP contribution in [0.1, 0.15) is 6.42 Å². The molecule has 0 amide bonds. The molecule has 0 spiro atoms. The Morgan fingerprint density at radius 2 is 0.879 bits per heavy atom. The second-order valence-corrected chi connectivity index (χ2v) is 6.90. The fourth-order valence-electron chi connectivity index (χ4n) is 1.64. The van der Waals surface area contributed by atoms with Crippen LogP contribution in [0.5, 0.6) is 0 Å². The third-order valence-corrected chi connectivity index (χ3v) is 3.97. The van der Waals surface area contributed by atoms with Gasteiger partial charge in [0, 0.05) is 6.42 Å². The molecule has 0 saturated carbocycles. The summed E-state index contributed by atoms with van der Waals surface area (Å²) in [7, 11) is -6.03. The maximum Gasteiger partial charge on any atom is 1.00 e. The summed E-state index contributed by atoms with van der Waals surface area (Å²) in [6.07, 6.45) is -11.0. The molecule has 0 aromatic rings. The van der Waals surface area contributed by atoms with Gasteiger partial charge in [-0.2, -0.15) is 74.6 Å². The molecule has 1 atom stereocenters. The summed E-state index contributed by atoms with van der Waals surface area (Å²) in [4.78, 5) is 18.0. The minimum atomic E-state index is -8.74. The second kappa shape index (κ2) is 9.42. The van der Waals surface area contributed by atoms with Gasteiger partial charge >= 0.3 is 77.2 Å². The zero-order valence-corrected chi connectivity index (χ0v) is 17.9. The second-order valence-electron chi connectivity index (χ2n) is 5.70. The SMILES string of the molecule is O=P([O-])(O)O[13CH2][13CH2]C(F)(F)C(F)(F)C(F)(F)C(F)(F)C(F)(F)C(F)(F)C(F)(F)C(F)(F)F.[Na+]. The predicted molar refractivity (Wildman–Crippen MR) is 61.1 cm³/mol. The van der Waals surface area contributed by atoms with Crippen LogP contribution >= 0.6 is 7.82 Å². The Balaban J connectivity index is 0. The van der Waals surface area contributed by atoms with E-state index in [0.29, 0.717) is 0 Å². The molecule has 1 N–H and O–H groups in total. The van der Waals surface area contributed by atoms with E-state index in [4.69, 9.17) is 4.89 Å². The Bertz CT molecular complexity index is 730. The fourth-order valence-corrected chi connectivity index (χ4v) is 1.96. The molecule has 0 aliphatic carbocycles. The first kappa shape index (κ1) is 35.1. The van der Waals surface area contributed by atoms with E-state index >= 15 is 0 Å². The molecule has 0 bridgehead atoms. The van der Waals surface area contributed by atoms with Crippen molar-refractivity contribution < 1.29 is 123 Å². The van der Waals surface area contributed by atoms with Crippen molar-refractivity contribution in [2.75, 3.05) is 6.61 Å². The first-order valence-electron chi connectivity index (χ1n) is 6.85. The Morgan fingerprint density at radius 1 is 0.606 bits per heavy atom. The Kier molecular flexibility index (Phi) is 10.0. The van der Waals surface area contributed by atoms with E-state index in [2.05, 4.69) is 4.52 Å². The molecule has 4 nitrogen and oxygen atoms in total. The number of rotatable bonds is 10. The van der Waals surface area contributed by atoms with E-state index in [1.54, 1.807) is 0 Å². The van der Waals surface area contributed by atoms with Crippen molar-refractivity contribution >= 4 is 7.82 Å². The molecular formula is C10H5F17NaO4P. The van der Waals surface area contributed by atoms with Crippen molar-refractivity contribution in [2.24, 2.45) is 0 Å². The zero-order valence-electron chi connectivity index (χ0n) is 15.0. The van der Waals surface area contributed by atoms with Crippen molar-refractivity contribution in [2.45, 2.75) is 54.1 Å². The summed E-state index contributed by atoms with van der Waals surface area (Å²) >= 11 is 0. The van der Waals surface area contributed by atoms with Crippen LogP contribution in [0.15, 0.2) is 0 Å². The molecule has 0 aromatic heterocycles. The number of phosphoric ester groups is 1. The third kappa shape index (κ3) is 5.68. The van der Waals surface area contributed by atoms with Gasteiger partial charge in [-0.05, 0) is 0 Å². The molecule has 0 aliphatic rings. The number of hydrogen-bond acceptors (Lipinski definition) is 3. The normalized spacial score (nSPS) is 17.4. The first-order chi connectivity index (χ1) is 13.5. The summed E-state index contributed by atoms with van der Waals surface area (Å²) in [6.45, 7) is -2.43. The van der Waals surface area contributed by atoms with Crippen LogP contribution in [0.25, 0.3) is 0 Å². The summed E-state index contributed by atoms with van der Waals surface area (Å²) in [5.41, 5.74) is 0. The fraction of sp³-hybridized carbons (Fsp3) is 1.00. The van der Waals surface area contributed by atoms with Gasteiger partial charge in [-0.25, -0.2) is 0 Å². The van der Waals surface area contributed by atoms with Crippen LogP contribution in [-0.2, 0) is 9.09 Å². The maximum absolute atomic E-state index is 13.3. The van der Waals surface area contributed by atoms with E-state index in [1.165, 1.54) is 0 Å². The van der Waals surface area contributed by atoms with Gasteiger partial charge < -0.3 is 14.3 Å². The molecule has 33 heavy (non-hydrogen) atoms. The topological polar surface area (TPSA) is 69.6 Å². The number of hydrogen-bond donors (Lipinski definition) is 1. The largest absolute Gasteiger partial charge is 1.00 e. The van der Waals surface area contributed by atoms with Gasteiger partial charge in [-0.3, -0.25) is 4.57 Å². The quantitative estimate of drug-likeness (QED) is 0.189. The van der Waals surface area contributed by atoms with E-state index in [0.717, 1.165) is 0 Å². The molecule has 0 saturated heterocycles. The van der Waals surface area contributed by atoms with Crippen LogP contribution in [-0.4, -0.2) is 59.1 Å². The van der Waals surface area contributed by atoms with Crippen LogP contribution < -0.4 is 34.5 Å². The monoisotopic (exact) mass is 568 g/mol. The van der Waals surface area contributed by atoms with Crippen molar-refractivity contribution in [3.8, 4) is 0 Å². The molecule has 0 radical (unpaired) electrons. The van der Waals surface area contributed by atoms with Gasteiger partial charge in [0.2, 0.25) is 0 Å². The van der Waals surface area contributed by atoms with Crippen molar-refractivity contribution in [3.63, 3.8) is 0 Å². The van der Waals surface area contributed by atoms with Crippen LogP contribution in [0, 0.1) is 0 Å². The molecule has 23 heteroatoms. The van der Waals surface area contributed by atoms with Crippen molar-refractivity contribution in [3.05, 3.63) is 0 Å². The van der Waals surface area contributed by atoms with Gasteiger partial charge in [0.25, 0.3) is 7.82 Å². The molecule has 0 rings (SSSR count). The molecular weight excluding hydrogens is 563 g/mol. The number of alkyl halides is 17. The minimum Gasteiger partial charge on any atom is -0.756 e. The van der Waals surface area contributed by atoms with Crippen LogP contribution in [0.3, 0.4) is 0 Å². The average Bonchev–Trinajstić information content (AvgIpc) is 2.50. The minimum absolute atomic E-state index is 0. The standard InChI is InChI=1S/C10H6F17O4P.Na/c11-3(12,1-2-31-32(28,29)30)4(13,14)5(15,16)6(17,18)7(19,20)8(21,22)9(23,24)10(25,26)27;/h1-2H2,(H2,28,29,30);/q;+1/p-1/i1+1,2+1;. The zero-order chi connectivity index (χ0) is 26.6.